The molecule has 0 fully saturated rings. The first-order valence-electron chi connectivity index (χ1n) is 2.34. The molecule has 0 amide bonds. The van der Waals surface area contributed by atoms with Gasteiger partial charge < -0.3 is 0 Å². The number of hydrogen-bond acceptors (Lipinski definition) is 2. The second-order valence-corrected chi connectivity index (χ2v) is 2.78. The van der Waals surface area contributed by atoms with E-state index in [1.807, 2.05) is 0 Å². The van der Waals surface area contributed by atoms with Crippen LogP contribution in [0.15, 0.2) is 4.99 Å². The maximum atomic E-state index is 12.3. The standard InChI is InChI=1S/C4H5BFNS/c1-2-3(6)8-4(5)7-2/h2-3H,1H3. The van der Waals surface area contributed by atoms with Crippen molar-refractivity contribution in [1.82, 2.24) is 0 Å². The monoisotopic (exact) mass is 129 g/mol. The molecule has 2 unspecified atom stereocenters. The van der Waals surface area contributed by atoms with Gasteiger partial charge in [-0.1, -0.05) is 11.8 Å². The van der Waals surface area contributed by atoms with Gasteiger partial charge >= 0.3 is 0 Å². The fraction of sp³-hybridized carbons (Fsp3) is 0.750. The minimum Gasteiger partial charge on any atom is -0.288 e. The third kappa shape index (κ3) is 1.05. The Morgan fingerprint density at radius 1 is 1.88 bits per heavy atom. The molecule has 0 N–H and O–H groups in total. The first kappa shape index (κ1) is 6.14. The van der Waals surface area contributed by atoms with Gasteiger partial charge in [-0.3, -0.25) is 4.99 Å². The van der Waals surface area contributed by atoms with Crippen molar-refractivity contribution in [3.8, 4) is 0 Å². The largest absolute Gasteiger partial charge is 0.288 e. The van der Waals surface area contributed by atoms with Gasteiger partial charge in [-0.2, -0.15) is 0 Å². The second-order valence-electron chi connectivity index (χ2n) is 1.68. The third-order valence-corrected chi connectivity index (χ3v) is 1.91. The molecular weight excluding hydrogens is 124 g/mol. The molecule has 0 aromatic carbocycles. The Morgan fingerprint density at radius 3 is 2.62 bits per heavy atom. The minimum absolute atomic E-state index is 0.250. The fourth-order valence-corrected chi connectivity index (χ4v) is 1.22. The van der Waals surface area contributed by atoms with Crippen molar-refractivity contribution < 1.29 is 4.39 Å². The number of alkyl halides is 1. The number of aliphatic imine (C=N–C) groups is 1. The summed E-state index contributed by atoms with van der Waals surface area (Å²) in [6.45, 7) is 1.71. The van der Waals surface area contributed by atoms with Crippen LogP contribution in [0.3, 0.4) is 0 Å². The summed E-state index contributed by atoms with van der Waals surface area (Å²) in [7, 11) is 5.19. The lowest BCUT2D eigenvalue weighted by molar-refractivity contribution is 0.411. The van der Waals surface area contributed by atoms with Crippen molar-refractivity contribution in [2.75, 3.05) is 0 Å². The topological polar surface area (TPSA) is 12.4 Å². The van der Waals surface area contributed by atoms with E-state index in [0.29, 0.717) is 4.94 Å². The van der Waals surface area contributed by atoms with E-state index in [-0.39, 0.29) is 6.04 Å². The summed E-state index contributed by atoms with van der Waals surface area (Å²) in [5, 5.41) is 0. The molecule has 42 valence electrons. The zero-order chi connectivity index (χ0) is 6.15. The van der Waals surface area contributed by atoms with E-state index in [4.69, 9.17) is 7.85 Å². The highest BCUT2D eigenvalue weighted by Crippen LogP contribution is 2.25. The highest BCUT2D eigenvalue weighted by Gasteiger charge is 2.22. The predicted molar refractivity (Wildman–Crippen MR) is 35.1 cm³/mol. The van der Waals surface area contributed by atoms with E-state index in [1.54, 1.807) is 6.92 Å². The van der Waals surface area contributed by atoms with E-state index < -0.39 is 5.50 Å². The molecule has 0 aliphatic carbocycles. The summed E-state index contributed by atoms with van der Waals surface area (Å²) in [6, 6.07) is -0.250. The molecule has 0 aromatic rings. The summed E-state index contributed by atoms with van der Waals surface area (Å²) >= 11 is 0.990. The van der Waals surface area contributed by atoms with E-state index in [2.05, 4.69) is 4.99 Å². The van der Waals surface area contributed by atoms with E-state index in [0.717, 1.165) is 11.8 Å². The van der Waals surface area contributed by atoms with Crippen LogP contribution in [-0.4, -0.2) is 24.3 Å². The van der Waals surface area contributed by atoms with Gasteiger partial charge in [0.2, 0.25) is 0 Å². The Hall–Kier alpha value is 0.0149. The number of hydrogen-bond donors (Lipinski definition) is 0. The highest BCUT2D eigenvalue weighted by molar-refractivity contribution is 8.17. The second kappa shape index (κ2) is 2.09. The molecule has 1 aliphatic rings. The molecule has 2 radical (unpaired) electrons. The van der Waals surface area contributed by atoms with Gasteiger partial charge in [-0.05, 0) is 6.92 Å². The molecule has 0 saturated carbocycles. The van der Waals surface area contributed by atoms with Crippen LogP contribution in [0.1, 0.15) is 6.92 Å². The van der Waals surface area contributed by atoms with Crippen molar-refractivity contribution in [1.29, 1.82) is 0 Å². The van der Waals surface area contributed by atoms with Crippen LogP contribution >= 0.6 is 11.8 Å². The van der Waals surface area contributed by atoms with E-state index >= 15 is 0 Å². The maximum absolute atomic E-state index is 12.3. The van der Waals surface area contributed by atoms with Crippen LogP contribution in [0.2, 0.25) is 0 Å². The van der Waals surface area contributed by atoms with Crippen molar-refractivity contribution >= 4 is 24.6 Å². The van der Waals surface area contributed by atoms with Crippen LogP contribution in [0, 0.1) is 0 Å². The molecule has 0 bridgehead atoms. The van der Waals surface area contributed by atoms with Gasteiger partial charge in [-0.15, -0.1) is 0 Å². The lowest BCUT2D eigenvalue weighted by Gasteiger charge is -1.98. The molecule has 1 aliphatic heterocycles. The normalized spacial score (nSPS) is 37.5. The number of rotatable bonds is 0. The van der Waals surface area contributed by atoms with Crippen LogP contribution < -0.4 is 0 Å². The lowest BCUT2D eigenvalue weighted by Crippen LogP contribution is -2.05. The molecule has 0 spiro atoms. The SMILES string of the molecule is [B]C1=NC(C)C(F)S1. The first-order valence-corrected chi connectivity index (χ1v) is 3.22. The van der Waals surface area contributed by atoms with Crippen molar-refractivity contribution in [2.45, 2.75) is 18.5 Å². The van der Waals surface area contributed by atoms with E-state index in [9.17, 15) is 4.39 Å². The van der Waals surface area contributed by atoms with Gasteiger partial charge in [0.05, 0.1) is 6.04 Å². The quantitative estimate of drug-likeness (QED) is 0.443. The Labute approximate surface area is 53.2 Å². The molecule has 1 nitrogen and oxygen atoms in total. The fourth-order valence-electron chi connectivity index (χ4n) is 0.504. The van der Waals surface area contributed by atoms with Gasteiger partial charge in [0.25, 0.3) is 0 Å². The van der Waals surface area contributed by atoms with Gasteiger partial charge in [-0.25, -0.2) is 4.39 Å². The average molecular weight is 129 g/mol. The van der Waals surface area contributed by atoms with Gasteiger partial charge in [0.1, 0.15) is 0 Å². The smallest absolute Gasteiger partial charge is 0.172 e. The van der Waals surface area contributed by atoms with Gasteiger partial charge in [0, 0.05) is 4.94 Å². The number of nitrogens with zero attached hydrogens (tertiary/aromatic N) is 1. The minimum atomic E-state index is -0.921. The summed E-state index contributed by atoms with van der Waals surface area (Å²) in [5.74, 6) is 0. The van der Waals surface area contributed by atoms with Gasteiger partial charge in [0.15, 0.2) is 13.3 Å². The van der Waals surface area contributed by atoms with Crippen LogP contribution in [0.4, 0.5) is 4.39 Å². The molecule has 0 aromatic heterocycles. The van der Waals surface area contributed by atoms with E-state index in [1.165, 1.54) is 0 Å². The molecule has 1 rings (SSSR count). The third-order valence-electron chi connectivity index (χ3n) is 0.943. The number of thioether (sulfide) groups is 1. The number of halogens is 1. The molecule has 2 atom stereocenters. The zero-order valence-corrected chi connectivity index (χ0v) is 5.28. The molecule has 1 heterocycles. The Morgan fingerprint density at radius 2 is 2.50 bits per heavy atom. The van der Waals surface area contributed by atoms with Crippen LogP contribution in [0.25, 0.3) is 0 Å². The van der Waals surface area contributed by atoms with Crippen LogP contribution in [0.5, 0.6) is 0 Å². The van der Waals surface area contributed by atoms with Crippen LogP contribution in [-0.2, 0) is 0 Å². The summed E-state index contributed by atoms with van der Waals surface area (Å²) < 4.78 is 12.3. The molecule has 4 heteroatoms. The molecule has 8 heavy (non-hydrogen) atoms. The zero-order valence-electron chi connectivity index (χ0n) is 4.47. The van der Waals surface area contributed by atoms with Crippen molar-refractivity contribution in [3.63, 3.8) is 0 Å². The molecular formula is C4H5BFNS. The maximum Gasteiger partial charge on any atom is 0.172 e. The summed E-state index contributed by atoms with van der Waals surface area (Å²) in [6.07, 6.45) is 0. The van der Waals surface area contributed by atoms with Crippen molar-refractivity contribution in [2.24, 2.45) is 4.99 Å². The Bertz CT molecular complexity index is 127. The first-order chi connectivity index (χ1) is 3.70. The Kier molecular flexibility index (Phi) is 1.61. The summed E-state index contributed by atoms with van der Waals surface area (Å²) in [5.41, 5.74) is -0.921. The van der Waals surface area contributed by atoms with Crippen molar-refractivity contribution in [3.05, 3.63) is 0 Å². The summed E-state index contributed by atoms with van der Waals surface area (Å²) in [4.78, 5) is 4.12. The Balaban J connectivity index is 2.56. The molecule has 0 saturated heterocycles. The average Bonchev–Trinajstić information content (AvgIpc) is 1.85. The predicted octanol–water partition coefficient (Wildman–Crippen LogP) is 0.942. The highest BCUT2D eigenvalue weighted by atomic mass is 32.2. The lowest BCUT2D eigenvalue weighted by atomic mass is 10.2.